The average molecular weight is 234 g/mol. The van der Waals surface area contributed by atoms with Crippen molar-refractivity contribution < 1.29 is 20.4 Å². The highest BCUT2D eigenvalue weighted by Gasteiger charge is 2.21. The van der Waals surface area contributed by atoms with E-state index in [1.54, 1.807) is 0 Å². The molecule has 0 aliphatic carbocycles. The summed E-state index contributed by atoms with van der Waals surface area (Å²) in [6.45, 7) is 4.12. The molecule has 0 aromatic heterocycles. The van der Waals surface area contributed by atoms with Crippen molar-refractivity contribution in [1.82, 2.24) is 0 Å². The van der Waals surface area contributed by atoms with E-state index in [0.29, 0.717) is 19.3 Å². The maximum Gasteiger partial charge on any atom is 0.0801 e. The lowest BCUT2D eigenvalue weighted by Crippen LogP contribution is -2.29. The molecule has 0 spiro atoms. The third kappa shape index (κ3) is 6.43. The predicted octanol–water partition coefficient (Wildman–Crippen LogP) is 0.525. The van der Waals surface area contributed by atoms with Gasteiger partial charge in [-0.2, -0.15) is 0 Å². The smallest absolute Gasteiger partial charge is 0.0801 e. The fourth-order valence-electron chi connectivity index (χ4n) is 1.61. The predicted molar refractivity (Wildman–Crippen MR) is 63.0 cm³/mol. The van der Waals surface area contributed by atoms with Gasteiger partial charge < -0.3 is 20.4 Å². The first-order chi connectivity index (χ1) is 7.52. The monoisotopic (exact) mass is 234 g/mol. The Morgan fingerprint density at radius 3 is 2.00 bits per heavy atom. The molecule has 0 aliphatic heterocycles. The van der Waals surface area contributed by atoms with E-state index in [2.05, 4.69) is 0 Å². The number of hydrogen-bond acceptors (Lipinski definition) is 4. The fraction of sp³-hybridized carbons (Fsp3) is 1.00. The van der Waals surface area contributed by atoms with Gasteiger partial charge in [0, 0.05) is 13.2 Å². The summed E-state index contributed by atoms with van der Waals surface area (Å²) in [6.07, 6.45) is 0.942. The molecule has 0 fully saturated rings. The van der Waals surface area contributed by atoms with Crippen molar-refractivity contribution in [2.75, 3.05) is 13.2 Å². The summed E-state index contributed by atoms with van der Waals surface area (Å²) in [6, 6.07) is 0. The van der Waals surface area contributed by atoms with Gasteiger partial charge >= 0.3 is 0 Å². The van der Waals surface area contributed by atoms with E-state index in [-0.39, 0.29) is 25.0 Å². The first kappa shape index (κ1) is 15.8. The van der Waals surface area contributed by atoms with E-state index < -0.39 is 12.2 Å². The van der Waals surface area contributed by atoms with Crippen LogP contribution in [0.2, 0.25) is 0 Å². The van der Waals surface area contributed by atoms with Gasteiger partial charge in [-0.1, -0.05) is 13.8 Å². The molecule has 0 aromatic rings. The zero-order valence-corrected chi connectivity index (χ0v) is 10.3. The molecular formula is C12H26O4. The zero-order chi connectivity index (χ0) is 12.6. The summed E-state index contributed by atoms with van der Waals surface area (Å²) in [4.78, 5) is 0. The molecule has 4 unspecified atom stereocenters. The molecule has 0 rings (SSSR count). The van der Waals surface area contributed by atoms with Gasteiger partial charge in [-0.05, 0) is 37.5 Å². The van der Waals surface area contributed by atoms with Gasteiger partial charge in [0.2, 0.25) is 0 Å². The summed E-state index contributed by atoms with van der Waals surface area (Å²) in [5.41, 5.74) is 0. The Bertz CT molecular complexity index is 163. The SMILES string of the molecule is CC(CO)C(C)CC(O)C(O)CCCCO. The van der Waals surface area contributed by atoms with Crippen molar-refractivity contribution in [2.24, 2.45) is 11.8 Å². The standard InChI is InChI=1S/C12H26O4/c1-9(10(2)8-14)7-12(16)11(15)5-3-4-6-13/h9-16H,3-8H2,1-2H3. The second-order valence-corrected chi connectivity index (χ2v) is 4.73. The van der Waals surface area contributed by atoms with Crippen LogP contribution in [-0.2, 0) is 0 Å². The highest BCUT2D eigenvalue weighted by atomic mass is 16.3. The maximum atomic E-state index is 9.74. The quantitative estimate of drug-likeness (QED) is 0.439. The fourth-order valence-corrected chi connectivity index (χ4v) is 1.61. The van der Waals surface area contributed by atoms with Crippen LogP contribution in [0.3, 0.4) is 0 Å². The first-order valence-corrected chi connectivity index (χ1v) is 6.10. The van der Waals surface area contributed by atoms with Gasteiger partial charge in [0.25, 0.3) is 0 Å². The van der Waals surface area contributed by atoms with E-state index in [1.165, 1.54) is 0 Å². The number of rotatable bonds is 9. The second kappa shape index (κ2) is 8.93. The normalized spacial score (nSPS) is 19.1. The molecule has 16 heavy (non-hydrogen) atoms. The molecule has 0 saturated carbocycles. The molecule has 0 heterocycles. The second-order valence-electron chi connectivity index (χ2n) is 4.73. The highest BCUT2D eigenvalue weighted by molar-refractivity contribution is 4.72. The highest BCUT2D eigenvalue weighted by Crippen LogP contribution is 2.19. The zero-order valence-electron chi connectivity index (χ0n) is 10.3. The molecule has 4 N–H and O–H groups in total. The first-order valence-electron chi connectivity index (χ1n) is 6.10. The summed E-state index contributed by atoms with van der Waals surface area (Å²) >= 11 is 0. The minimum atomic E-state index is -0.734. The third-order valence-corrected chi connectivity index (χ3v) is 3.22. The number of hydrogen-bond donors (Lipinski definition) is 4. The van der Waals surface area contributed by atoms with E-state index >= 15 is 0 Å². The largest absolute Gasteiger partial charge is 0.396 e. The number of unbranched alkanes of at least 4 members (excludes halogenated alkanes) is 1. The lowest BCUT2D eigenvalue weighted by molar-refractivity contribution is -0.00641. The molecule has 4 nitrogen and oxygen atoms in total. The molecule has 0 radical (unpaired) electrons. The molecular weight excluding hydrogens is 208 g/mol. The van der Waals surface area contributed by atoms with Crippen LogP contribution < -0.4 is 0 Å². The van der Waals surface area contributed by atoms with Gasteiger partial charge in [-0.15, -0.1) is 0 Å². The van der Waals surface area contributed by atoms with Crippen LogP contribution in [0, 0.1) is 11.8 Å². The minimum Gasteiger partial charge on any atom is -0.396 e. The van der Waals surface area contributed by atoms with Gasteiger partial charge in [0.15, 0.2) is 0 Å². The van der Waals surface area contributed by atoms with E-state index in [4.69, 9.17) is 10.2 Å². The summed E-state index contributed by atoms with van der Waals surface area (Å²) in [5, 5.41) is 36.9. The lowest BCUT2D eigenvalue weighted by atomic mass is 9.89. The molecule has 0 saturated heterocycles. The van der Waals surface area contributed by atoms with Crippen LogP contribution >= 0.6 is 0 Å². The molecule has 0 amide bonds. The lowest BCUT2D eigenvalue weighted by Gasteiger charge is -2.24. The maximum absolute atomic E-state index is 9.74. The van der Waals surface area contributed by atoms with Gasteiger partial charge in [0.1, 0.15) is 0 Å². The molecule has 98 valence electrons. The van der Waals surface area contributed by atoms with Crippen molar-refractivity contribution >= 4 is 0 Å². The van der Waals surface area contributed by atoms with Crippen LogP contribution in [0.25, 0.3) is 0 Å². The van der Waals surface area contributed by atoms with Crippen LogP contribution in [0.1, 0.15) is 39.5 Å². The van der Waals surface area contributed by atoms with Crippen LogP contribution in [0.4, 0.5) is 0 Å². The van der Waals surface area contributed by atoms with Crippen molar-refractivity contribution in [3.8, 4) is 0 Å². The summed E-state index contributed by atoms with van der Waals surface area (Å²) in [7, 11) is 0. The Morgan fingerprint density at radius 2 is 1.50 bits per heavy atom. The Morgan fingerprint density at radius 1 is 0.875 bits per heavy atom. The topological polar surface area (TPSA) is 80.9 Å². The number of aliphatic hydroxyl groups excluding tert-OH is 4. The van der Waals surface area contributed by atoms with Crippen LogP contribution in [0.15, 0.2) is 0 Å². The Kier molecular flexibility index (Phi) is 8.84. The van der Waals surface area contributed by atoms with Gasteiger partial charge in [0.05, 0.1) is 12.2 Å². The molecule has 0 aliphatic rings. The van der Waals surface area contributed by atoms with Crippen LogP contribution in [0.5, 0.6) is 0 Å². The van der Waals surface area contributed by atoms with Crippen molar-refractivity contribution in [2.45, 2.75) is 51.7 Å². The van der Waals surface area contributed by atoms with E-state index in [1.807, 2.05) is 13.8 Å². The summed E-state index contributed by atoms with van der Waals surface area (Å²) in [5.74, 6) is 0.326. The Hall–Kier alpha value is -0.160. The third-order valence-electron chi connectivity index (χ3n) is 3.22. The van der Waals surface area contributed by atoms with E-state index in [9.17, 15) is 10.2 Å². The van der Waals surface area contributed by atoms with E-state index in [0.717, 1.165) is 6.42 Å². The average Bonchev–Trinajstić information content (AvgIpc) is 2.27. The summed E-state index contributed by atoms with van der Waals surface area (Å²) < 4.78 is 0. The molecule has 0 bridgehead atoms. The molecule has 0 aromatic carbocycles. The minimum absolute atomic E-state index is 0.106. The van der Waals surface area contributed by atoms with Crippen molar-refractivity contribution in [1.29, 1.82) is 0 Å². The van der Waals surface area contributed by atoms with Gasteiger partial charge in [-0.3, -0.25) is 0 Å². The van der Waals surface area contributed by atoms with Gasteiger partial charge in [-0.25, -0.2) is 0 Å². The van der Waals surface area contributed by atoms with Crippen molar-refractivity contribution in [3.63, 3.8) is 0 Å². The molecule has 4 atom stereocenters. The Labute approximate surface area is 97.9 Å². The molecule has 4 heteroatoms. The number of aliphatic hydroxyl groups is 4. The van der Waals surface area contributed by atoms with Crippen molar-refractivity contribution in [3.05, 3.63) is 0 Å². The Balaban J connectivity index is 3.80. The van der Waals surface area contributed by atoms with Crippen LogP contribution in [-0.4, -0.2) is 45.8 Å².